The third kappa shape index (κ3) is 1.92. The molecule has 1 aromatic rings. The number of anilines is 1. The van der Waals surface area contributed by atoms with Crippen LogP contribution in [0.2, 0.25) is 5.02 Å². The molecule has 90 valence electrons. The van der Waals surface area contributed by atoms with E-state index in [9.17, 15) is 4.79 Å². The number of para-hydroxylation sites is 1. The highest BCUT2D eigenvalue weighted by molar-refractivity contribution is 6.34. The van der Waals surface area contributed by atoms with Crippen molar-refractivity contribution in [3.63, 3.8) is 0 Å². The van der Waals surface area contributed by atoms with Crippen LogP contribution in [0.3, 0.4) is 0 Å². The van der Waals surface area contributed by atoms with Gasteiger partial charge in [0.2, 0.25) is 5.91 Å². The number of hydrogen-bond acceptors (Lipinski definition) is 3. The molecular formula is C12H12ClNO3. The van der Waals surface area contributed by atoms with E-state index >= 15 is 0 Å². The van der Waals surface area contributed by atoms with E-state index < -0.39 is 5.79 Å². The van der Waals surface area contributed by atoms with Gasteiger partial charge >= 0.3 is 0 Å². The lowest BCUT2D eigenvalue weighted by Gasteiger charge is -2.24. The lowest BCUT2D eigenvalue weighted by Crippen LogP contribution is -2.35. The normalized spacial score (nSPS) is 22.1. The minimum absolute atomic E-state index is 0.126. The number of carbonyl (C=O) groups excluding carboxylic acids is 1. The zero-order valence-corrected chi connectivity index (χ0v) is 9.92. The quantitative estimate of drug-likeness (QED) is 0.769. The van der Waals surface area contributed by atoms with Crippen molar-refractivity contribution in [3.8, 4) is 0 Å². The second-order valence-electron chi connectivity index (χ2n) is 4.28. The molecule has 5 heteroatoms. The van der Waals surface area contributed by atoms with E-state index in [0.717, 1.165) is 5.56 Å². The van der Waals surface area contributed by atoms with E-state index in [0.29, 0.717) is 30.3 Å². The Balaban J connectivity index is 2.04. The van der Waals surface area contributed by atoms with Crippen LogP contribution < -0.4 is 5.32 Å². The maximum absolute atomic E-state index is 11.8. The Morgan fingerprint density at radius 1 is 1.24 bits per heavy atom. The molecular weight excluding hydrogens is 242 g/mol. The second kappa shape index (κ2) is 3.98. The van der Waals surface area contributed by atoms with Crippen molar-refractivity contribution in [1.29, 1.82) is 0 Å². The highest BCUT2D eigenvalue weighted by atomic mass is 35.5. The fourth-order valence-corrected chi connectivity index (χ4v) is 2.58. The van der Waals surface area contributed by atoms with Crippen LogP contribution in [0.4, 0.5) is 5.69 Å². The molecule has 2 heterocycles. The van der Waals surface area contributed by atoms with Crippen LogP contribution in [0.25, 0.3) is 0 Å². The molecule has 0 aliphatic carbocycles. The van der Waals surface area contributed by atoms with Gasteiger partial charge in [-0.15, -0.1) is 0 Å². The van der Waals surface area contributed by atoms with E-state index in [-0.39, 0.29) is 12.3 Å². The molecule has 17 heavy (non-hydrogen) atoms. The van der Waals surface area contributed by atoms with Crippen LogP contribution in [-0.4, -0.2) is 24.9 Å². The van der Waals surface area contributed by atoms with Crippen molar-refractivity contribution in [1.82, 2.24) is 0 Å². The molecule has 0 saturated carbocycles. The summed E-state index contributed by atoms with van der Waals surface area (Å²) in [6.45, 7) is 1.06. The second-order valence-corrected chi connectivity index (χ2v) is 4.69. The number of carbonyl (C=O) groups is 1. The Kier molecular flexibility index (Phi) is 2.58. The summed E-state index contributed by atoms with van der Waals surface area (Å²) in [4.78, 5) is 11.8. The summed E-state index contributed by atoms with van der Waals surface area (Å²) in [7, 11) is 0. The van der Waals surface area contributed by atoms with Gasteiger partial charge in [0, 0.05) is 6.42 Å². The van der Waals surface area contributed by atoms with Crippen molar-refractivity contribution in [2.24, 2.45) is 0 Å². The van der Waals surface area contributed by atoms with E-state index in [4.69, 9.17) is 21.1 Å². The first-order valence-corrected chi connectivity index (χ1v) is 5.91. The van der Waals surface area contributed by atoms with E-state index in [1.807, 2.05) is 12.1 Å². The first kappa shape index (κ1) is 11.0. The third-order valence-electron chi connectivity index (χ3n) is 3.07. The Labute approximate surface area is 104 Å². The number of nitrogens with one attached hydrogen (secondary N) is 1. The smallest absolute Gasteiger partial charge is 0.229 e. The van der Waals surface area contributed by atoms with Gasteiger partial charge in [-0.3, -0.25) is 4.79 Å². The molecule has 0 aromatic heterocycles. The van der Waals surface area contributed by atoms with Gasteiger partial charge < -0.3 is 14.8 Å². The summed E-state index contributed by atoms with van der Waals surface area (Å²) in [5.41, 5.74) is 1.63. The fraction of sp³-hybridized carbons (Fsp3) is 0.417. The first-order chi connectivity index (χ1) is 8.19. The van der Waals surface area contributed by atoms with Crippen molar-refractivity contribution in [3.05, 3.63) is 28.8 Å². The summed E-state index contributed by atoms with van der Waals surface area (Å²) in [6, 6.07) is 5.55. The summed E-state index contributed by atoms with van der Waals surface area (Å²) in [5, 5.41) is 3.36. The molecule has 0 atom stereocenters. The first-order valence-electron chi connectivity index (χ1n) is 5.54. The summed E-state index contributed by atoms with van der Waals surface area (Å²) in [6.07, 6.45) is 0.750. The van der Waals surface area contributed by atoms with Gasteiger partial charge in [-0.1, -0.05) is 23.7 Å². The van der Waals surface area contributed by atoms with Crippen LogP contribution >= 0.6 is 11.6 Å². The summed E-state index contributed by atoms with van der Waals surface area (Å²) < 4.78 is 11.2. The minimum atomic E-state index is -0.806. The van der Waals surface area contributed by atoms with E-state index in [2.05, 4.69) is 5.32 Å². The molecule has 2 aliphatic heterocycles. The number of halogens is 1. The Morgan fingerprint density at radius 3 is 2.76 bits per heavy atom. The molecule has 0 radical (unpaired) electrons. The Hall–Kier alpha value is -1.10. The molecule has 0 bridgehead atoms. The van der Waals surface area contributed by atoms with Crippen molar-refractivity contribution in [2.75, 3.05) is 18.5 Å². The van der Waals surface area contributed by atoms with Gasteiger partial charge in [-0.05, 0) is 11.6 Å². The largest absolute Gasteiger partial charge is 0.347 e. The van der Waals surface area contributed by atoms with Crippen molar-refractivity contribution < 1.29 is 14.3 Å². The van der Waals surface area contributed by atoms with Crippen LogP contribution in [0.5, 0.6) is 0 Å². The van der Waals surface area contributed by atoms with Gasteiger partial charge in [0.1, 0.15) is 0 Å². The average molecular weight is 254 g/mol. The Bertz CT molecular complexity index is 469. The molecule has 1 amide bonds. The predicted molar refractivity (Wildman–Crippen MR) is 63.0 cm³/mol. The fourth-order valence-electron chi connectivity index (χ4n) is 2.34. The SMILES string of the molecule is O=C1CC2(Cc3cccc(Cl)c3N1)OCCO2. The molecule has 1 aromatic carbocycles. The summed E-state index contributed by atoms with van der Waals surface area (Å²) >= 11 is 6.08. The zero-order valence-electron chi connectivity index (χ0n) is 9.16. The number of amides is 1. The van der Waals surface area contributed by atoms with E-state index in [1.165, 1.54) is 0 Å². The molecule has 2 aliphatic rings. The number of benzene rings is 1. The van der Waals surface area contributed by atoms with Crippen LogP contribution in [0, 0.1) is 0 Å². The molecule has 1 spiro atoms. The summed E-state index contributed by atoms with van der Waals surface area (Å²) in [5.74, 6) is -0.932. The van der Waals surface area contributed by atoms with Gasteiger partial charge in [0.15, 0.2) is 5.79 Å². The molecule has 1 N–H and O–H groups in total. The number of ether oxygens (including phenoxy) is 2. The predicted octanol–water partition coefficient (Wildman–Crippen LogP) is 1.97. The number of fused-ring (bicyclic) bond motifs is 1. The van der Waals surface area contributed by atoms with Crippen LogP contribution in [0.1, 0.15) is 12.0 Å². The maximum atomic E-state index is 11.8. The average Bonchev–Trinajstić information content (AvgIpc) is 2.65. The third-order valence-corrected chi connectivity index (χ3v) is 3.38. The molecule has 4 nitrogen and oxygen atoms in total. The van der Waals surface area contributed by atoms with Crippen molar-refractivity contribution in [2.45, 2.75) is 18.6 Å². The Morgan fingerprint density at radius 2 is 2.00 bits per heavy atom. The molecule has 3 rings (SSSR count). The maximum Gasteiger partial charge on any atom is 0.229 e. The lowest BCUT2D eigenvalue weighted by molar-refractivity contribution is -0.165. The van der Waals surface area contributed by atoms with Gasteiger partial charge in [0.05, 0.1) is 30.3 Å². The lowest BCUT2D eigenvalue weighted by atomic mass is 10.0. The van der Waals surface area contributed by atoms with Gasteiger partial charge in [0.25, 0.3) is 0 Å². The number of hydrogen-bond donors (Lipinski definition) is 1. The van der Waals surface area contributed by atoms with Crippen LogP contribution in [-0.2, 0) is 20.7 Å². The van der Waals surface area contributed by atoms with Crippen LogP contribution in [0.15, 0.2) is 18.2 Å². The standard InChI is InChI=1S/C12H12ClNO3/c13-9-3-1-2-8-6-12(16-4-5-17-12)7-10(15)14-11(8)9/h1-3H,4-7H2,(H,14,15). The van der Waals surface area contributed by atoms with Crippen molar-refractivity contribution >= 4 is 23.2 Å². The van der Waals surface area contributed by atoms with Gasteiger partial charge in [-0.2, -0.15) is 0 Å². The monoisotopic (exact) mass is 253 g/mol. The number of rotatable bonds is 0. The molecule has 1 saturated heterocycles. The minimum Gasteiger partial charge on any atom is -0.347 e. The van der Waals surface area contributed by atoms with E-state index in [1.54, 1.807) is 6.07 Å². The molecule has 1 fully saturated rings. The zero-order chi connectivity index (χ0) is 11.9. The highest BCUT2D eigenvalue weighted by Gasteiger charge is 2.41. The topological polar surface area (TPSA) is 47.6 Å². The molecule has 0 unspecified atom stereocenters. The van der Waals surface area contributed by atoms with Gasteiger partial charge in [-0.25, -0.2) is 0 Å². The highest BCUT2D eigenvalue weighted by Crippen LogP contribution is 2.36.